The molecule has 9 heteroatoms. The van der Waals surface area contributed by atoms with Crippen molar-refractivity contribution in [1.82, 2.24) is 19.3 Å². The third-order valence-electron chi connectivity index (χ3n) is 5.81. The van der Waals surface area contributed by atoms with Crippen LogP contribution in [0.1, 0.15) is 19.8 Å². The summed E-state index contributed by atoms with van der Waals surface area (Å²) in [6.07, 6.45) is 5.82. The number of nitrogens with one attached hydrogen (secondary N) is 1. The van der Waals surface area contributed by atoms with Gasteiger partial charge in [0, 0.05) is 43.6 Å². The molecule has 2 aliphatic rings. The maximum absolute atomic E-state index is 14.6. The molecule has 2 aliphatic heterocycles. The molecule has 162 valence electrons. The molecule has 0 spiro atoms. The van der Waals surface area contributed by atoms with Gasteiger partial charge >= 0.3 is 6.03 Å². The Hall–Kier alpha value is -3.20. The van der Waals surface area contributed by atoms with Crippen molar-refractivity contribution in [2.75, 3.05) is 43.0 Å². The Morgan fingerprint density at radius 2 is 2.06 bits per heavy atom. The molecule has 1 aromatic carbocycles. The van der Waals surface area contributed by atoms with Gasteiger partial charge in [0.25, 0.3) is 0 Å². The first-order valence-electron chi connectivity index (χ1n) is 10.6. The summed E-state index contributed by atoms with van der Waals surface area (Å²) < 4.78 is 22.1. The van der Waals surface area contributed by atoms with Gasteiger partial charge in [-0.15, -0.1) is 0 Å². The molecule has 1 N–H and O–H groups in total. The van der Waals surface area contributed by atoms with Gasteiger partial charge in [-0.2, -0.15) is 0 Å². The fourth-order valence-electron chi connectivity index (χ4n) is 4.19. The van der Waals surface area contributed by atoms with Gasteiger partial charge in [-0.3, -0.25) is 4.40 Å². The Labute approximate surface area is 179 Å². The smallest absolute Gasteiger partial charge is 0.321 e. The van der Waals surface area contributed by atoms with E-state index in [4.69, 9.17) is 4.74 Å². The number of amides is 2. The summed E-state index contributed by atoms with van der Waals surface area (Å²) in [5.41, 5.74) is 1.34. The van der Waals surface area contributed by atoms with Crippen molar-refractivity contribution in [3.8, 4) is 11.3 Å². The van der Waals surface area contributed by atoms with E-state index >= 15 is 0 Å². The molecule has 0 saturated carbocycles. The Kier molecular flexibility index (Phi) is 5.19. The van der Waals surface area contributed by atoms with Crippen LogP contribution in [0.3, 0.4) is 0 Å². The highest BCUT2D eigenvalue weighted by molar-refractivity contribution is 5.90. The molecular formula is C22H25FN6O2. The van der Waals surface area contributed by atoms with Crippen molar-refractivity contribution >= 4 is 23.3 Å². The SMILES string of the molecule is CC1CN(c2cnc3nc(-c4cc(NC(=O)N5CCCC5)ccc4F)ccn23)CCO1. The molecule has 31 heavy (non-hydrogen) atoms. The largest absolute Gasteiger partial charge is 0.375 e. The lowest BCUT2D eigenvalue weighted by molar-refractivity contribution is 0.0529. The summed E-state index contributed by atoms with van der Waals surface area (Å²) >= 11 is 0. The van der Waals surface area contributed by atoms with Crippen molar-refractivity contribution < 1.29 is 13.9 Å². The van der Waals surface area contributed by atoms with Crippen LogP contribution in [0.4, 0.5) is 20.7 Å². The van der Waals surface area contributed by atoms with Crippen molar-refractivity contribution in [3.05, 3.63) is 42.5 Å². The molecule has 2 fully saturated rings. The maximum Gasteiger partial charge on any atom is 0.321 e. The van der Waals surface area contributed by atoms with E-state index in [1.807, 2.05) is 17.5 Å². The van der Waals surface area contributed by atoms with Crippen LogP contribution in [0, 0.1) is 5.82 Å². The number of hydrogen-bond donors (Lipinski definition) is 1. The number of halogens is 1. The number of fused-ring (bicyclic) bond motifs is 1. The lowest BCUT2D eigenvalue weighted by atomic mass is 10.1. The van der Waals surface area contributed by atoms with E-state index in [1.165, 1.54) is 6.07 Å². The van der Waals surface area contributed by atoms with Crippen LogP contribution in [0.25, 0.3) is 17.0 Å². The molecule has 0 aliphatic carbocycles. The van der Waals surface area contributed by atoms with Crippen molar-refractivity contribution in [2.45, 2.75) is 25.9 Å². The van der Waals surface area contributed by atoms with Crippen LogP contribution in [0.2, 0.25) is 0 Å². The maximum atomic E-state index is 14.6. The Morgan fingerprint density at radius 3 is 2.87 bits per heavy atom. The number of likely N-dealkylation sites (tertiary alicyclic amines) is 1. The zero-order chi connectivity index (χ0) is 21.4. The van der Waals surface area contributed by atoms with Gasteiger partial charge in [-0.25, -0.2) is 19.2 Å². The second-order valence-electron chi connectivity index (χ2n) is 8.05. The number of carbonyl (C=O) groups is 1. The number of urea groups is 1. The number of hydrogen-bond acceptors (Lipinski definition) is 5. The van der Waals surface area contributed by atoms with Gasteiger partial charge in [0.2, 0.25) is 5.78 Å². The molecule has 1 atom stereocenters. The van der Waals surface area contributed by atoms with Crippen molar-refractivity contribution in [2.24, 2.45) is 0 Å². The number of morpholine rings is 1. The molecule has 2 amide bonds. The van der Waals surface area contributed by atoms with E-state index in [1.54, 1.807) is 29.3 Å². The summed E-state index contributed by atoms with van der Waals surface area (Å²) in [6, 6.07) is 6.16. The highest BCUT2D eigenvalue weighted by atomic mass is 19.1. The zero-order valence-corrected chi connectivity index (χ0v) is 17.4. The van der Waals surface area contributed by atoms with Crippen molar-refractivity contribution in [1.29, 1.82) is 0 Å². The first-order valence-corrected chi connectivity index (χ1v) is 10.6. The molecule has 1 unspecified atom stereocenters. The van der Waals surface area contributed by atoms with Crippen LogP contribution in [-0.4, -0.2) is 64.2 Å². The first kappa shape index (κ1) is 19.7. The van der Waals surface area contributed by atoms with Gasteiger partial charge in [0.1, 0.15) is 11.6 Å². The third kappa shape index (κ3) is 3.93. The highest BCUT2D eigenvalue weighted by Crippen LogP contribution is 2.27. The minimum atomic E-state index is -0.398. The number of ether oxygens (including phenoxy) is 1. The summed E-state index contributed by atoms with van der Waals surface area (Å²) in [6.45, 7) is 5.78. The second kappa shape index (κ2) is 8.14. The van der Waals surface area contributed by atoms with Gasteiger partial charge in [0.15, 0.2) is 0 Å². The highest BCUT2D eigenvalue weighted by Gasteiger charge is 2.21. The molecule has 5 rings (SSSR count). The molecular weight excluding hydrogens is 399 g/mol. The third-order valence-corrected chi connectivity index (χ3v) is 5.81. The van der Waals surface area contributed by atoms with E-state index in [2.05, 4.69) is 20.2 Å². The van der Waals surface area contributed by atoms with Crippen molar-refractivity contribution in [3.63, 3.8) is 0 Å². The topological polar surface area (TPSA) is 75.0 Å². The second-order valence-corrected chi connectivity index (χ2v) is 8.05. The molecule has 8 nitrogen and oxygen atoms in total. The lowest BCUT2D eigenvalue weighted by Crippen LogP contribution is -2.41. The summed E-state index contributed by atoms with van der Waals surface area (Å²) in [5.74, 6) is 1.04. The first-order chi connectivity index (χ1) is 15.1. The number of carbonyl (C=O) groups excluding carboxylic acids is 1. The molecule has 0 bridgehead atoms. The minimum Gasteiger partial charge on any atom is -0.375 e. The summed E-state index contributed by atoms with van der Waals surface area (Å²) in [4.78, 5) is 25.4. The molecule has 3 aromatic rings. The van der Waals surface area contributed by atoms with Gasteiger partial charge in [-0.05, 0) is 44.0 Å². The summed E-state index contributed by atoms with van der Waals surface area (Å²) in [5, 5.41) is 2.86. The molecule has 2 saturated heterocycles. The fraction of sp³-hybridized carbons (Fsp3) is 0.409. The van der Waals surface area contributed by atoms with Gasteiger partial charge < -0.3 is 19.9 Å². The normalized spacial score (nSPS) is 19.2. The van der Waals surface area contributed by atoms with E-state index in [0.717, 1.165) is 44.8 Å². The number of imidazole rings is 1. The molecule has 4 heterocycles. The number of aromatic nitrogens is 3. The standard InChI is InChI=1S/C22H25FN6O2/c1-15-14-28(10-11-31-15)20-13-24-21-26-19(6-9-29(20)21)17-12-16(4-5-18(17)23)25-22(30)27-7-2-3-8-27/h4-6,9,12-13,15H,2-3,7-8,10-11,14H2,1H3,(H,25,30). The monoisotopic (exact) mass is 424 g/mol. The average molecular weight is 424 g/mol. The van der Waals surface area contributed by atoms with Crippen LogP contribution >= 0.6 is 0 Å². The predicted molar refractivity (Wildman–Crippen MR) is 116 cm³/mol. The van der Waals surface area contributed by atoms with Gasteiger partial charge in [0.05, 0.1) is 24.6 Å². The Balaban J connectivity index is 1.41. The fourth-order valence-corrected chi connectivity index (χ4v) is 4.19. The average Bonchev–Trinajstić information content (AvgIpc) is 3.45. The lowest BCUT2D eigenvalue weighted by Gasteiger charge is -2.32. The van der Waals surface area contributed by atoms with E-state index in [0.29, 0.717) is 29.3 Å². The number of nitrogens with zero attached hydrogens (tertiary/aromatic N) is 5. The zero-order valence-electron chi connectivity index (χ0n) is 17.4. The molecule has 2 aromatic heterocycles. The van der Waals surface area contributed by atoms with Gasteiger partial charge in [-0.1, -0.05) is 0 Å². The van der Waals surface area contributed by atoms with E-state index < -0.39 is 5.82 Å². The van der Waals surface area contributed by atoms with Crippen LogP contribution < -0.4 is 10.2 Å². The van der Waals surface area contributed by atoms with Crippen LogP contribution in [0.5, 0.6) is 0 Å². The van der Waals surface area contributed by atoms with Crippen LogP contribution in [0.15, 0.2) is 36.7 Å². The van der Waals surface area contributed by atoms with E-state index in [-0.39, 0.29) is 12.1 Å². The summed E-state index contributed by atoms with van der Waals surface area (Å²) in [7, 11) is 0. The number of rotatable bonds is 3. The Bertz CT molecular complexity index is 1110. The van der Waals surface area contributed by atoms with Crippen LogP contribution in [-0.2, 0) is 4.74 Å². The predicted octanol–water partition coefficient (Wildman–Crippen LogP) is 3.39. The minimum absolute atomic E-state index is 0.152. The quantitative estimate of drug-likeness (QED) is 0.698. The number of benzene rings is 1. The van der Waals surface area contributed by atoms with E-state index in [9.17, 15) is 9.18 Å². The number of anilines is 2. The Morgan fingerprint density at radius 1 is 1.23 bits per heavy atom. The molecule has 0 radical (unpaired) electrons.